The lowest BCUT2D eigenvalue weighted by Gasteiger charge is -2.13. The number of methoxy groups -OCH3 is 2. The predicted molar refractivity (Wildman–Crippen MR) is 128 cm³/mol. The Labute approximate surface area is 200 Å². The first-order valence-corrected chi connectivity index (χ1v) is 10.6. The summed E-state index contributed by atoms with van der Waals surface area (Å²) in [5.41, 5.74) is 2.30. The Morgan fingerprint density at radius 3 is 2.38 bits per heavy atom. The summed E-state index contributed by atoms with van der Waals surface area (Å²) >= 11 is 18.2. The van der Waals surface area contributed by atoms with E-state index in [1.807, 2.05) is 30.3 Å². The normalized spacial score (nSPS) is 10.8. The van der Waals surface area contributed by atoms with Gasteiger partial charge in [0.05, 0.1) is 29.8 Å². The number of nitrogens with one attached hydrogen (secondary N) is 1. The molecule has 164 valence electrons. The maximum absolute atomic E-state index is 6.15. The molecule has 32 heavy (non-hydrogen) atoms. The molecule has 0 aliphatic heterocycles. The van der Waals surface area contributed by atoms with Gasteiger partial charge >= 0.3 is 0 Å². The van der Waals surface area contributed by atoms with Gasteiger partial charge < -0.3 is 19.5 Å². The highest BCUT2D eigenvalue weighted by molar-refractivity contribution is 6.42. The van der Waals surface area contributed by atoms with Crippen LogP contribution in [0.15, 0.2) is 54.6 Å². The van der Waals surface area contributed by atoms with Crippen molar-refractivity contribution in [1.29, 1.82) is 0 Å². The third-order valence-electron chi connectivity index (χ3n) is 4.66. The Morgan fingerprint density at radius 2 is 1.62 bits per heavy atom. The van der Waals surface area contributed by atoms with E-state index in [0.29, 0.717) is 45.2 Å². The SMILES string of the molecule is COc1cc2nc(Cl)nc(Nc3cccc(OCc4ccc(Cl)c(Cl)c4)c3)c2cc1OC. The summed E-state index contributed by atoms with van der Waals surface area (Å²) in [6.07, 6.45) is 0. The number of ether oxygens (including phenoxy) is 3. The minimum absolute atomic E-state index is 0.110. The third kappa shape index (κ3) is 4.93. The summed E-state index contributed by atoms with van der Waals surface area (Å²) in [7, 11) is 3.14. The molecular formula is C23H18Cl3N3O3. The number of nitrogens with zero attached hydrogens (tertiary/aromatic N) is 2. The first-order valence-electron chi connectivity index (χ1n) is 9.50. The van der Waals surface area contributed by atoms with Crippen LogP contribution in [-0.2, 0) is 6.61 Å². The van der Waals surface area contributed by atoms with Crippen LogP contribution in [0.5, 0.6) is 17.2 Å². The monoisotopic (exact) mass is 489 g/mol. The van der Waals surface area contributed by atoms with Gasteiger partial charge in [0.15, 0.2) is 11.5 Å². The summed E-state index contributed by atoms with van der Waals surface area (Å²) in [5.74, 6) is 2.32. The molecule has 3 aromatic carbocycles. The average Bonchev–Trinajstić information content (AvgIpc) is 2.79. The molecule has 1 heterocycles. The van der Waals surface area contributed by atoms with Crippen molar-refractivity contribution in [2.45, 2.75) is 6.61 Å². The lowest BCUT2D eigenvalue weighted by Crippen LogP contribution is -2.00. The van der Waals surface area contributed by atoms with Crippen molar-refractivity contribution in [3.05, 3.63) is 75.5 Å². The molecule has 1 aromatic heterocycles. The zero-order valence-corrected chi connectivity index (χ0v) is 19.4. The van der Waals surface area contributed by atoms with Gasteiger partial charge in [0.25, 0.3) is 0 Å². The zero-order valence-electron chi connectivity index (χ0n) is 17.2. The predicted octanol–water partition coefficient (Wildman–Crippen LogP) is 6.93. The molecule has 4 rings (SSSR count). The summed E-state index contributed by atoms with van der Waals surface area (Å²) in [6, 6.07) is 16.4. The van der Waals surface area contributed by atoms with E-state index in [2.05, 4.69) is 15.3 Å². The quantitative estimate of drug-likeness (QED) is 0.283. The molecule has 0 atom stereocenters. The molecule has 0 amide bonds. The molecule has 0 spiro atoms. The summed E-state index contributed by atoms with van der Waals surface area (Å²) < 4.78 is 16.7. The van der Waals surface area contributed by atoms with Gasteiger partial charge in [-0.3, -0.25) is 0 Å². The van der Waals surface area contributed by atoms with Crippen LogP contribution in [0.2, 0.25) is 15.3 Å². The minimum Gasteiger partial charge on any atom is -0.493 e. The van der Waals surface area contributed by atoms with Gasteiger partial charge in [-0.1, -0.05) is 35.3 Å². The highest BCUT2D eigenvalue weighted by Gasteiger charge is 2.13. The van der Waals surface area contributed by atoms with E-state index in [4.69, 9.17) is 49.0 Å². The van der Waals surface area contributed by atoms with Crippen molar-refractivity contribution in [3.8, 4) is 17.2 Å². The number of hydrogen-bond donors (Lipinski definition) is 1. The summed E-state index contributed by atoms with van der Waals surface area (Å²) in [5, 5.41) is 5.12. The summed E-state index contributed by atoms with van der Waals surface area (Å²) in [4.78, 5) is 8.64. The van der Waals surface area contributed by atoms with E-state index in [9.17, 15) is 0 Å². The van der Waals surface area contributed by atoms with E-state index in [0.717, 1.165) is 16.6 Å². The number of rotatable bonds is 7. The average molecular weight is 491 g/mol. The van der Waals surface area contributed by atoms with Gasteiger partial charge in [-0.15, -0.1) is 0 Å². The van der Waals surface area contributed by atoms with Gasteiger partial charge in [-0.2, -0.15) is 4.98 Å². The molecular weight excluding hydrogens is 473 g/mol. The minimum atomic E-state index is 0.110. The van der Waals surface area contributed by atoms with Crippen LogP contribution in [0.3, 0.4) is 0 Å². The molecule has 0 saturated carbocycles. The van der Waals surface area contributed by atoms with Crippen molar-refractivity contribution in [1.82, 2.24) is 9.97 Å². The fraction of sp³-hybridized carbons (Fsp3) is 0.130. The zero-order chi connectivity index (χ0) is 22.7. The fourth-order valence-electron chi connectivity index (χ4n) is 3.12. The topological polar surface area (TPSA) is 65.5 Å². The number of halogens is 3. The fourth-order valence-corrected chi connectivity index (χ4v) is 3.62. The first-order chi connectivity index (χ1) is 15.5. The number of hydrogen-bond acceptors (Lipinski definition) is 6. The number of benzene rings is 3. The van der Waals surface area contributed by atoms with Crippen LogP contribution in [0.25, 0.3) is 10.9 Å². The molecule has 0 bridgehead atoms. The van der Waals surface area contributed by atoms with E-state index in [1.54, 1.807) is 38.5 Å². The van der Waals surface area contributed by atoms with E-state index in [-0.39, 0.29) is 5.28 Å². The molecule has 0 aliphatic carbocycles. The number of anilines is 2. The third-order valence-corrected chi connectivity index (χ3v) is 5.57. The standard InChI is InChI=1S/C23H18Cl3N3O3/c1-30-20-10-16-19(11-21(20)31-2)28-23(26)29-22(16)27-14-4-3-5-15(9-14)32-12-13-6-7-17(24)18(25)8-13/h3-11H,12H2,1-2H3,(H,27,28,29). The Kier molecular flexibility index (Phi) is 6.74. The molecule has 4 aromatic rings. The maximum Gasteiger partial charge on any atom is 0.224 e. The van der Waals surface area contributed by atoms with Crippen LogP contribution in [0, 0.1) is 0 Å². The second kappa shape index (κ2) is 9.69. The van der Waals surface area contributed by atoms with Crippen molar-refractivity contribution >= 4 is 57.2 Å². The molecule has 0 aliphatic rings. The molecule has 0 radical (unpaired) electrons. The molecule has 0 fully saturated rings. The first kappa shape index (κ1) is 22.3. The Bertz CT molecular complexity index is 1280. The molecule has 0 unspecified atom stereocenters. The van der Waals surface area contributed by atoms with Crippen molar-refractivity contribution in [2.75, 3.05) is 19.5 Å². The van der Waals surface area contributed by atoms with E-state index >= 15 is 0 Å². The lowest BCUT2D eigenvalue weighted by atomic mass is 10.2. The van der Waals surface area contributed by atoms with E-state index in [1.165, 1.54) is 0 Å². The smallest absolute Gasteiger partial charge is 0.224 e. The molecule has 0 saturated heterocycles. The van der Waals surface area contributed by atoms with Crippen LogP contribution in [0.1, 0.15) is 5.56 Å². The van der Waals surface area contributed by atoms with Gasteiger partial charge in [-0.25, -0.2) is 4.98 Å². The Morgan fingerprint density at radius 1 is 0.844 bits per heavy atom. The lowest BCUT2D eigenvalue weighted by molar-refractivity contribution is 0.306. The van der Waals surface area contributed by atoms with Gasteiger partial charge in [0, 0.05) is 23.2 Å². The van der Waals surface area contributed by atoms with Crippen molar-refractivity contribution in [2.24, 2.45) is 0 Å². The van der Waals surface area contributed by atoms with Crippen molar-refractivity contribution < 1.29 is 14.2 Å². The second-order valence-corrected chi connectivity index (χ2v) is 7.91. The highest BCUT2D eigenvalue weighted by atomic mass is 35.5. The largest absolute Gasteiger partial charge is 0.493 e. The Balaban J connectivity index is 1.59. The Hall–Kier alpha value is -2.93. The van der Waals surface area contributed by atoms with Crippen LogP contribution in [0.4, 0.5) is 11.5 Å². The molecule has 9 heteroatoms. The van der Waals surface area contributed by atoms with Crippen LogP contribution in [-0.4, -0.2) is 24.2 Å². The highest BCUT2D eigenvalue weighted by Crippen LogP contribution is 2.35. The second-order valence-electron chi connectivity index (χ2n) is 6.76. The van der Waals surface area contributed by atoms with E-state index < -0.39 is 0 Å². The van der Waals surface area contributed by atoms with Crippen LogP contribution < -0.4 is 19.5 Å². The molecule has 1 N–H and O–H groups in total. The number of aromatic nitrogens is 2. The maximum atomic E-state index is 6.15. The van der Waals surface area contributed by atoms with Crippen LogP contribution >= 0.6 is 34.8 Å². The van der Waals surface area contributed by atoms with Gasteiger partial charge in [0.2, 0.25) is 5.28 Å². The van der Waals surface area contributed by atoms with Gasteiger partial charge in [-0.05, 0) is 47.5 Å². The summed E-state index contributed by atoms with van der Waals surface area (Å²) in [6.45, 7) is 0.347. The van der Waals surface area contributed by atoms with Crippen molar-refractivity contribution in [3.63, 3.8) is 0 Å². The van der Waals surface area contributed by atoms with Gasteiger partial charge in [0.1, 0.15) is 18.2 Å². The molecule has 6 nitrogen and oxygen atoms in total. The number of fused-ring (bicyclic) bond motifs is 1.